The van der Waals surface area contributed by atoms with Gasteiger partial charge in [-0.05, 0) is 53.2 Å². The molecule has 0 amide bonds. The van der Waals surface area contributed by atoms with Crippen molar-refractivity contribution in [3.63, 3.8) is 0 Å². The molecule has 4 nitrogen and oxygen atoms in total. The van der Waals surface area contributed by atoms with Gasteiger partial charge in [0.2, 0.25) is 0 Å². The van der Waals surface area contributed by atoms with Gasteiger partial charge in [0.15, 0.2) is 0 Å². The smallest absolute Gasteiger partial charge is 0.116 e. The molecule has 0 atom stereocenters. The van der Waals surface area contributed by atoms with Crippen molar-refractivity contribution < 1.29 is 10.2 Å². The Hall–Kier alpha value is -2.34. The van der Waals surface area contributed by atoms with Crippen LogP contribution in [-0.2, 0) is 0 Å². The number of nitrogen functional groups attached to an aromatic ring is 2. The van der Waals surface area contributed by atoms with Crippen LogP contribution in [0.1, 0.15) is 0 Å². The van der Waals surface area contributed by atoms with Gasteiger partial charge in [0.05, 0.1) is 21.4 Å². The number of halogens is 3. The Morgan fingerprint density at radius 1 is 0.667 bits per heavy atom. The Bertz CT molecular complexity index is 1160. The fourth-order valence-corrected chi connectivity index (χ4v) is 3.75. The number of phenols is 2. The Labute approximate surface area is 174 Å². The van der Waals surface area contributed by atoms with Gasteiger partial charge in [0.25, 0.3) is 0 Å². The Morgan fingerprint density at radius 3 is 1.93 bits per heavy atom. The summed E-state index contributed by atoms with van der Waals surface area (Å²) in [4.78, 5) is 0. The molecule has 4 aromatic rings. The van der Waals surface area contributed by atoms with Crippen LogP contribution in [0.5, 0.6) is 11.5 Å². The van der Waals surface area contributed by atoms with E-state index in [0.29, 0.717) is 21.4 Å². The monoisotopic (exact) mass is 464 g/mol. The number of aromatic hydroxyl groups is 2. The minimum atomic E-state index is 0.179. The Morgan fingerprint density at radius 2 is 1.22 bits per heavy atom. The lowest BCUT2D eigenvalue weighted by Crippen LogP contribution is -1.89. The summed E-state index contributed by atoms with van der Waals surface area (Å²) in [5.41, 5.74) is 12.5. The van der Waals surface area contributed by atoms with Crippen molar-refractivity contribution in [2.24, 2.45) is 0 Å². The summed E-state index contributed by atoms with van der Waals surface area (Å²) in [6.45, 7) is 0. The van der Waals surface area contributed by atoms with Crippen molar-refractivity contribution in [1.29, 1.82) is 0 Å². The summed E-state index contributed by atoms with van der Waals surface area (Å²) in [6.07, 6.45) is 0. The molecule has 6 N–H and O–H groups in total. The standard InChI is InChI=1S/C10H7BrClNO.C10H8ClNO/c11-8-4-9(12)10(13)7-3-5(14)1-2-6(7)8;11-9-4-2-6-1-3-7(13)5-8(6)10(9)12/h1-4,14H,13H2;1-5,13H,12H2. The molecule has 0 bridgehead atoms. The highest BCUT2D eigenvalue weighted by atomic mass is 79.9. The van der Waals surface area contributed by atoms with Crippen molar-refractivity contribution in [1.82, 2.24) is 0 Å². The SMILES string of the molecule is Nc1c(Cl)cc(Br)c2ccc(O)cc12.Nc1c(Cl)ccc2ccc(O)cc12. The van der Waals surface area contributed by atoms with E-state index < -0.39 is 0 Å². The van der Waals surface area contributed by atoms with Gasteiger partial charge in [-0.2, -0.15) is 0 Å². The quantitative estimate of drug-likeness (QED) is 0.228. The molecular formula is C20H15BrCl2N2O2. The van der Waals surface area contributed by atoms with Crippen LogP contribution < -0.4 is 11.5 Å². The lowest BCUT2D eigenvalue weighted by molar-refractivity contribution is 0.475. The molecule has 27 heavy (non-hydrogen) atoms. The van der Waals surface area contributed by atoms with E-state index in [1.54, 1.807) is 48.5 Å². The number of phenolic OH excluding ortho intramolecular Hbond substituents is 2. The number of hydrogen-bond acceptors (Lipinski definition) is 4. The van der Waals surface area contributed by atoms with Crippen LogP contribution in [0.4, 0.5) is 11.4 Å². The molecule has 0 aliphatic carbocycles. The van der Waals surface area contributed by atoms with E-state index in [4.69, 9.17) is 34.7 Å². The van der Waals surface area contributed by atoms with E-state index in [1.165, 1.54) is 0 Å². The molecule has 4 rings (SSSR count). The second kappa shape index (κ2) is 7.72. The van der Waals surface area contributed by atoms with Crippen molar-refractivity contribution in [2.45, 2.75) is 0 Å². The Balaban J connectivity index is 0.000000156. The summed E-state index contributed by atoms with van der Waals surface area (Å²) in [5, 5.41) is 23.0. The highest BCUT2D eigenvalue weighted by molar-refractivity contribution is 9.10. The number of benzene rings is 4. The van der Waals surface area contributed by atoms with Crippen molar-refractivity contribution >= 4 is 72.1 Å². The predicted octanol–water partition coefficient (Wildman–Crippen LogP) is 6.32. The van der Waals surface area contributed by atoms with E-state index in [9.17, 15) is 10.2 Å². The summed E-state index contributed by atoms with van der Waals surface area (Å²) >= 11 is 15.1. The average Bonchev–Trinajstić information content (AvgIpc) is 2.64. The third-order valence-electron chi connectivity index (χ3n) is 4.05. The summed E-state index contributed by atoms with van der Waals surface area (Å²) in [7, 11) is 0. The molecule has 138 valence electrons. The zero-order valence-electron chi connectivity index (χ0n) is 13.9. The fourth-order valence-electron chi connectivity index (χ4n) is 2.66. The number of anilines is 2. The van der Waals surface area contributed by atoms with E-state index in [2.05, 4.69) is 15.9 Å². The average molecular weight is 466 g/mol. The molecule has 0 fully saturated rings. The van der Waals surface area contributed by atoms with Gasteiger partial charge in [0, 0.05) is 15.2 Å². The van der Waals surface area contributed by atoms with Crippen LogP contribution in [-0.4, -0.2) is 10.2 Å². The van der Waals surface area contributed by atoms with Crippen LogP contribution in [0.25, 0.3) is 21.5 Å². The summed E-state index contributed by atoms with van der Waals surface area (Å²) in [5.74, 6) is 0.375. The summed E-state index contributed by atoms with van der Waals surface area (Å²) in [6, 6.07) is 15.4. The molecular weight excluding hydrogens is 451 g/mol. The molecule has 7 heteroatoms. The van der Waals surface area contributed by atoms with E-state index in [-0.39, 0.29) is 11.5 Å². The number of rotatable bonds is 0. The molecule has 0 aliphatic heterocycles. The normalized spacial score (nSPS) is 10.6. The lowest BCUT2D eigenvalue weighted by Gasteiger charge is -2.06. The lowest BCUT2D eigenvalue weighted by atomic mass is 10.1. The second-order valence-corrected chi connectivity index (χ2v) is 7.52. The molecule has 0 saturated carbocycles. The minimum absolute atomic E-state index is 0.179. The number of hydrogen-bond donors (Lipinski definition) is 4. The van der Waals surface area contributed by atoms with Gasteiger partial charge in [-0.25, -0.2) is 0 Å². The van der Waals surface area contributed by atoms with E-state index in [0.717, 1.165) is 26.0 Å². The first-order valence-electron chi connectivity index (χ1n) is 7.81. The maximum Gasteiger partial charge on any atom is 0.116 e. The highest BCUT2D eigenvalue weighted by Gasteiger charge is 2.07. The predicted molar refractivity (Wildman–Crippen MR) is 118 cm³/mol. The topological polar surface area (TPSA) is 92.5 Å². The molecule has 0 radical (unpaired) electrons. The molecule has 4 aromatic carbocycles. The van der Waals surface area contributed by atoms with Crippen LogP contribution in [0.15, 0.2) is 59.1 Å². The summed E-state index contributed by atoms with van der Waals surface area (Å²) < 4.78 is 0.867. The van der Waals surface area contributed by atoms with Crippen molar-refractivity contribution in [3.8, 4) is 11.5 Å². The third kappa shape index (κ3) is 4.00. The zero-order valence-corrected chi connectivity index (χ0v) is 17.0. The van der Waals surface area contributed by atoms with Gasteiger partial charge in [-0.1, -0.05) is 51.3 Å². The highest BCUT2D eigenvalue weighted by Crippen LogP contribution is 2.36. The molecule has 0 aliphatic rings. The first-order chi connectivity index (χ1) is 12.8. The third-order valence-corrected chi connectivity index (χ3v) is 5.35. The van der Waals surface area contributed by atoms with Crippen molar-refractivity contribution in [2.75, 3.05) is 11.5 Å². The first kappa shape index (κ1) is 19.4. The van der Waals surface area contributed by atoms with Gasteiger partial charge in [-0.15, -0.1) is 0 Å². The maximum absolute atomic E-state index is 9.32. The maximum atomic E-state index is 9.32. The van der Waals surface area contributed by atoms with Gasteiger partial charge >= 0.3 is 0 Å². The molecule has 0 spiro atoms. The molecule has 0 heterocycles. The molecule has 0 saturated heterocycles. The number of nitrogens with two attached hydrogens (primary N) is 2. The van der Waals surface area contributed by atoms with Crippen LogP contribution in [0.2, 0.25) is 10.0 Å². The zero-order chi connectivity index (χ0) is 19.7. The van der Waals surface area contributed by atoms with E-state index in [1.807, 2.05) is 6.07 Å². The molecule has 0 aromatic heterocycles. The minimum Gasteiger partial charge on any atom is -0.508 e. The van der Waals surface area contributed by atoms with Crippen LogP contribution in [0, 0.1) is 0 Å². The number of fused-ring (bicyclic) bond motifs is 2. The molecule has 0 unspecified atom stereocenters. The fraction of sp³-hybridized carbons (Fsp3) is 0. The van der Waals surface area contributed by atoms with Gasteiger partial charge in [0.1, 0.15) is 11.5 Å². The van der Waals surface area contributed by atoms with Gasteiger partial charge < -0.3 is 21.7 Å². The first-order valence-corrected chi connectivity index (χ1v) is 9.35. The van der Waals surface area contributed by atoms with Gasteiger partial charge in [-0.3, -0.25) is 0 Å². The van der Waals surface area contributed by atoms with Crippen LogP contribution in [0.3, 0.4) is 0 Å². The Kier molecular flexibility index (Phi) is 5.56. The van der Waals surface area contributed by atoms with E-state index >= 15 is 0 Å². The largest absolute Gasteiger partial charge is 0.508 e. The second-order valence-electron chi connectivity index (χ2n) is 5.85. The van der Waals surface area contributed by atoms with Crippen LogP contribution >= 0.6 is 39.1 Å². The van der Waals surface area contributed by atoms with Crippen molar-refractivity contribution in [3.05, 3.63) is 69.1 Å².